The summed E-state index contributed by atoms with van der Waals surface area (Å²) < 4.78 is 5.83. The minimum Gasteiger partial charge on any atom is -0.467 e. The molecular formula is C16H22BIN2O3. The van der Waals surface area contributed by atoms with Gasteiger partial charge in [-0.1, -0.05) is 24.5 Å². The van der Waals surface area contributed by atoms with Crippen LogP contribution in [0.5, 0.6) is 0 Å². The van der Waals surface area contributed by atoms with Crippen molar-refractivity contribution in [2.24, 2.45) is 0 Å². The Balaban J connectivity index is 0.000000502. The molecule has 1 aromatic carbocycles. The van der Waals surface area contributed by atoms with E-state index in [1.807, 2.05) is 5.97 Å². The van der Waals surface area contributed by atoms with Crippen LogP contribution in [0.15, 0.2) is 24.3 Å². The predicted molar refractivity (Wildman–Crippen MR) is 100 cm³/mol. The van der Waals surface area contributed by atoms with E-state index in [0.29, 0.717) is 0 Å². The number of aryl methyl sites for hydroxylation is 1. The fourth-order valence-corrected chi connectivity index (χ4v) is 1.92. The van der Waals surface area contributed by atoms with Crippen molar-refractivity contribution in [2.45, 2.75) is 39.5 Å². The Bertz CT molecular complexity index is 547. The van der Waals surface area contributed by atoms with Crippen molar-refractivity contribution in [2.75, 3.05) is 7.11 Å². The van der Waals surface area contributed by atoms with Crippen molar-refractivity contribution in [3.63, 3.8) is 0 Å². The van der Waals surface area contributed by atoms with Crippen LogP contribution in [0.3, 0.4) is 0 Å². The summed E-state index contributed by atoms with van der Waals surface area (Å²) in [5.41, 5.74) is 0.270. The molecule has 0 fully saturated rings. The summed E-state index contributed by atoms with van der Waals surface area (Å²) in [6, 6.07) is 8.44. The van der Waals surface area contributed by atoms with E-state index in [1.54, 1.807) is 20.7 Å². The quantitative estimate of drug-likeness (QED) is 0.455. The number of methoxy groups -OCH3 is 1. The summed E-state index contributed by atoms with van der Waals surface area (Å²) in [4.78, 5) is 22.6. The van der Waals surface area contributed by atoms with E-state index in [1.165, 1.54) is 16.2 Å². The van der Waals surface area contributed by atoms with Crippen LogP contribution in [0, 0.1) is 21.7 Å². The Morgan fingerprint density at radius 2 is 1.87 bits per heavy atom. The molecule has 1 aromatic rings. The summed E-state index contributed by atoms with van der Waals surface area (Å²) in [5, 5.41) is 11.0. The molecule has 0 radical (unpaired) electrons. The van der Waals surface area contributed by atoms with Crippen LogP contribution in [0.25, 0.3) is 0 Å². The smallest absolute Gasteiger partial charge is 0.330 e. The number of halogens is 1. The zero-order valence-corrected chi connectivity index (χ0v) is 16.3. The van der Waals surface area contributed by atoms with Crippen LogP contribution in [0.2, 0.25) is 13.1 Å². The molecule has 0 bridgehead atoms. The number of rotatable bonds is 4. The molecule has 0 saturated carbocycles. The van der Waals surface area contributed by atoms with E-state index in [-0.39, 0.29) is 18.9 Å². The first-order valence-electron chi connectivity index (χ1n) is 7.13. The maximum atomic E-state index is 11.4. The Kier molecular flexibility index (Phi) is 9.57. The third kappa shape index (κ3) is 9.23. The molecule has 0 aliphatic rings. The number of hydrogen-bond acceptors (Lipinski definition) is 4. The minimum absolute atomic E-state index is 0.0803. The fourth-order valence-electron chi connectivity index (χ4n) is 1.56. The van der Waals surface area contributed by atoms with Gasteiger partial charge in [0, 0.05) is 15.9 Å². The lowest BCUT2D eigenvalue weighted by Gasteiger charge is -2.23. The Morgan fingerprint density at radius 3 is 2.26 bits per heavy atom. The van der Waals surface area contributed by atoms with Crippen molar-refractivity contribution in [1.82, 2.24) is 5.32 Å². The molecule has 0 unspecified atom stereocenters. The molecule has 0 aliphatic carbocycles. The second kappa shape index (κ2) is 10.3. The molecule has 0 saturated heterocycles. The van der Waals surface area contributed by atoms with E-state index in [4.69, 9.17) is 5.26 Å². The normalized spacial score (nSPS) is 9.78. The van der Waals surface area contributed by atoms with Crippen molar-refractivity contribution in [3.05, 3.63) is 33.4 Å². The topological polar surface area (TPSA) is 79.2 Å². The lowest BCUT2D eigenvalue weighted by molar-refractivity contribution is -0.149. The first-order chi connectivity index (χ1) is 10.6. The van der Waals surface area contributed by atoms with Gasteiger partial charge in [-0.3, -0.25) is 4.79 Å². The number of amides is 1. The molecule has 7 heteroatoms. The molecular weight excluding hydrogens is 406 g/mol. The monoisotopic (exact) mass is 428 g/mol. The second-order valence-corrected chi connectivity index (χ2v) is 6.94. The average molecular weight is 428 g/mol. The number of benzene rings is 1. The van der Waals surface area contributed by atoms with Crippen LogP contribution >= 0.6 is 22.6 Å². The van der Waals surface area contributed by atoms with Gasteiger partial charge in [-0.15, -0.1) is 0 Å². The highest BCUT2D eigenvalue weighted by molar-refractivity contribution is 14.1. The number of esters is 1. The largest absolute Gasteiger partial charge is 0.467 e. The molecule has 0 atom stereocenters. The third-order valence-electron chi connectivity index (χ3n) is 2.87. The van der Waals surface area contributed by atoms with Crippen LogP contribution in [-0.4, -0.2) is 31.2 Å². The predicted octanol–water partition coefficient (Wildman–Crippen LogP) is 2.84. The Morgan fingerprint density at radius 1 is 1.35 bits per heavy atom. The molecule has 124 valence electrons. The van der Waals surface area contributed by atoms with Crippen molar-refractivity contribution in [1.29, 1.82) is 5.26 Å². The van der Waals surface area contributed by atoms with E-state index in [0.717, 1.165) is 0 Å². The third-order valence-corrected chi connectivity index (χ3v) is 3.59. The van der Waals surface area contributed by atoms with E-state index < -0.39 is 11.5 Å². The highest BCUT2D eigenvalue weighted by Gasteiger charge is 2.30. The summed E-state index contributed by atoms with van der Waals surface area (Å²) in [5.74, 6) is 1.10. The molecule has 5 nitrogen and oxygen atoms in total. The van der Waals surface area contributed by atoms with Crippen LogP contribution in [0.1, 0.15) is 19.4 Å². The zero-order valence-electron chi connectivity index (χ0n) is 14.1. The van der Waals surface area contributed by atoms with Gasteiger partial charge >= 0.3 is 5.97 Å². The van der Waals surface area contributed by atoms with Crippen molar-refractivity contribution >= 4 is 41.2 Å². The van der Waals surface area contributed by atoms with Gasteiger partial charge in [0.25, 0.3) is 6.71 Å². The van der Waals surface area contributed by atoms with Crippen molar-refractivity contribution in [3.8, 4) is 5.97 Å². The number of nitrogens with one attached hydrogen (secondary N) is 1. The number of carbonyl (C=O) groups is 2. The summed E-state index contributed by atoms with van der Waals surface area (Å²) in [6.45, 7) is 6.47. The SMILES string of the molecule is COC(=O)C(C)(C)NC(=O)CB(C)C#N.Cc1ccc(I)cc1. The molecule has 0 spiro atoms. The van der Waals surface area contributed by atoms with Gasteiger partial charge in [0.2, 0.25) is 5.91 Å². The first-order valence-corrected chi connectivity index (χ1v) is 8.21. The Hall–Kier alpha value is -1.56. The van der Waals surface area contributed by atoms with E-state index >= 15 is 0 Å². The Labute approximate surface area is 152 Å². The molecule has 1 rings (SSSR count). The summed E-state index contributed by atoms with van der Waals surface area (Å²) in [6.07, 6.45) is 0.0803. The van der Waals surface area contributed by atoms with Gasteiger partial charge in [-0.05, 0) is 55.5 Å². The van der Waals surface area contributed by atoms with Gasteiger partial charge in [0.1, 0.15) is 5.54 Å². The molecule has 1 N–H and O–H groups in total. The molecule has 0 heterocycles. The number of nitriles is 1. The fraction of sp³-hybridized carbons (Fsp3) is 0.438. The number of ether oxygens (including phenoxy) is 1. The van der Waals surface area contributed by atoms with Crippen molar-refractivity contribution < 1.29 is 14.3 Å². The number of carbonyl (C=O) groups excluding carboxylic acids is 2. The van der Waals surface area contributed by atoms with Crippen LogP contribution < -0.4 is 5.32 Å². The standard InChI is InChI=1S/C9H15BN2O3.C7H7I/c1-9(2,8(14)15-4)12-7(13)5-10(3)6-11;1-6-2-4-7(8)5-3-6/h5H2,1-4H3,(H,12,13);2-5H,1H3. The molecule has 0 aromatic heterocycles. The van der Waals surface area contributed by atoms with Gasteiger partial charge in [-0.25, -0.2) is 10.1 Å². The summed E-state index contributed by atoms with van der Waals surface area (Å²) in [7, 11) is 1.26. The van der Waals surface area contributed by atoms with E-state index in [2.05, 4.69) is 63.8 Å². The summed E-state index contributed by atoms with van der Waals surface area (Å²) >= 11 is 2.30. The van der Waals surface area contributed by atoms with Gasteiger partial charge in [0.05, 0.1) is 7.11 Å². The zero-order chi connectivity index (χ0) is 18.0. The van der Waals surface area contributed by atoms with Gasteiger partial charge in [-0.2, -0.15) is 0 Å². The molecule has 1 amide bonds. The molecule has 23 heavy (non-hydrogen) atoms. The number of hydrogen-bond donors (Lipinski definition) is 1. The lowest BCUT2D eigenvalue weighted by Crippen LogP contribution is -2.50. The lowest BCUT2D eigenvalue weighted by atomic mass is 9.51. The first kappa shape index (κ1) is 21.4. The highest BCUT2D eigenvalue weighted by Crippen LogP contribution is 2.06. The van der Waals surface area contributed by atoms with E-state index in [9.17, 15) is 9.59 Å². The van der Waals surface area contributed by atoms with Crippen LogP contribution in [0.4, 0.5) is 0 Å². The molecule has 0 aliphatic heterocycles. The minimum atomic E-state index is -1.05. The average Bonchev–Trinajstić information content (AvgIpc) is 2.49. The second-order valence-electron chi connectivity index (χ2n) is 5.69. The van der Waals surface area contributed by atoms with Gasteiger partial charge < -0.3 is 10.1 Å². The maximum Gasteiger partial charge on any atom is 0.330 e. The van der Waals surface area contributed by atoms with Gasteiger partial charge in [0.15, 0.2) is 0 Å². The maximum absolute atomic E-state index is 11.4. The van der Waals surface area contributed by atoms with Crippen LogP contribution in [-0.2, 0) is 14.3 Å². The number of nitrogens with zero attached hydrogens (tertiary/aromatic N) is 1. The highest BCUT2D eigenvalue weighted by atomic mass is 127.